The van der Waals surface area contributed by atoms with Crippen molar-refractivity contribution in [2.24, 2.45) is 0 Å². The van der Waals surface area contributed by atoms with Crippen LogP contribution in [0.2, 0.25) is 5.02 Å². The number of aromatic nitrogens is 1. The number of rotatable bonds is 3. The molecule has 1 aliphatic rings. The van der Waals surface area contributed by atoms with E-state index in [1.807, 2.05) is 30.3 Å². The molecule has 2 atom stereocenters. The largest absolute Gasteiger partial charge is 0.494 e. The van der Waals surface area contributed by atoms with Crippen molar-refractivity contribution < 1.29 is 15.0 Å². The zero-order valence-electron chi connectivity index (χ0n) is 14.1. The van der Waals surface area contributed by atoms with Gasteiger partial charge in [-0.15, -0.1) is 0 Å². The fourth-order valence-corrected chi connectivity index (χ4v) is 5.10. The average molecular weight is 388 g/mol. The van der Waals surface area contributed by atoms with Gasteiger partial charge >= 0.3 is 0 Å². The van der Waals surface area contributed by atoms with Gasteiger partial charge in [-0.3, -0.25) is 4.79 Å². The Kier molecular flexibility index (Phi) is 4.47. The molecule has 0 radical (unpaired) electrons. The van der Waals surface area contributed by atoms with Crippen LogP contribution in [0.15, 0.2) is 36.4 Å². The second-order valence-electron chi connectivity index (χ2n) is 6.62. The molecule has 2 heterocycles. The number of aliphatic hydroxyl groups excluding tert-OH is 1. The summed E-state index contributed by atoms with van der Waals surface area (Å²) in [6.45, 7) is 1.43. The number of carbonyl (C=O) groups is 1. The Balaban J connectivity index is 1.77. The van der Waals surface area contributed by atoms with E-state index in [0.29, 0.717) is 15.9 Å². The summed E-state index contributed by atoms with van der Waals surface area (Å²) in [6.07, 6.45) is -0.299. The maximum absolute atomic E-state index is 11.9. The van der Waals surface area contributed by atoms with Gasteiger partial charge in [-0.25, -0.2) is 0 Å². The van der Waals surface area contributed by atoms with Crippen LogP contribution in [0.1, 0.15) is 28.8 Å². The highest BCUT2D eigenvalue weighted by molar-refractivity contribution is 7.99. The molecular formula is C20H18ClNO3S. The summed E-state index contributed by atoms with van der Waals surface area (Å²) in [5, 5.41) is 21.3. The van der Waals surface area contributed by atoms with Gasteiger partial charge in [0.2, 0.25) is 5.88 Å². The number of fused-ring (bicyclic) bond motifs is 1. The van der Waals surface area contributed by atoms with Crippen molar-refractivity contribution in [2.45, 2.75) is 18.9 Å². The van der Waals surface area contributed by atoms with Gasteiger partial charge in [0, 0.05) is 28.4 Å². The first-order chi connectivity index (χ1) is 12.5. The molecule has 4 nitrogen and oxygen atoms in total. The van der Waals surface area contributed by atoms with Gasteiger partial charge in [0.05, 0.1) is 22.2 Å². The van der Waals surface area contributed by atoms with Crippen LogP contribution in [0.25, 0.3) is 22.0 Å². The van der Waals surface area contributed by atoms with Crippen LogP contribution in [0.3, 0.4) is 0 Å². The zero-order valence-corrected chi connectivity index (χ0v) is 15.7. The highest BCUT2D eigenvalue weighted by Crippen LogP contribution is 2.38. The second kappa shape index (κ2) is 6.65. The number of aliphatic hydroxyl groups is 1. The van der Waals surface area contributed by atoms with E-state index in [0.717, 1.165) is 28.2 Å². The molecule has 0 saturated carbocycles. The molecule has 4 rings (SSSR count). The molecule has 1 fully saturated rings. The van der Waals surface area contributed by atoms with Crippen molar-refractivity contribution in [3.05, 3.63) is 52.5 Å². The van der Waals surface area contributed by atoms with Crippen molar-refractivity contribution >= 4 is 40.0 Å². The van der Waals surface area contributed by atoms with Gasteiger partial charge in [-0.2, -0.15) is 11.8 Å². The number of carbonyl (C=O) groups excluding carboxylic acids is 1. The number of hydrogen-bond donors (Lipinski definition) is 3. The van der Waals surface area contributed by atoms with Crippen LogP contribution < -0.4 is 0 Å². The van der Waals surface area contributed by atoms with Crippen LogP contribution in [0.5, 0.6) is 5.88 Å². The third-order valence-corrected chi connectivity index (χ3v) is 6.40. The Labute approximate surface area is 160 Å². The first-order valence-corrected chi connectivity index (χ1v) is 9.90. The van der Waals surface area contributed by atoms with Gasteiger partial charge < -0.3 is 15.2 Å². The third kappa shape index (κ3) is 2.90. The molecule has 0 amide bonds. The SMILES string of the molecule is CC(=O)c1c(O)[nH]c2cc(Cl)c(-c3ccc([C@H]4CSC[C@@H]4O)cc3)cc12. The lowest BCUT2D eigenvalue weighted by atomic mass is 9.93. The molecular weight excluding hydrogens is 370 g/mol. The Bertz CT molecular complexity index is 996. The standard InChI is InChI=1S/C20H18ClNO3S/c1-10(23)19-14-6-13(16(21)7-17(14)22-20(19)25)11-2-4-12(5-3-11)15-8-26-9-18(15)24/h2-7,15,18,22,24-25H,8-9H2,1H3/t15-,18+/m1/s1. The maximum Gasteiger partial charge on any atom is 0.200 e. The number of halogens is 1. The van der Waals surface area contributed by atoms with E-state index in [4.69, 9.17) is 11.6 Å². The van der Waals surface area contributed by atoms with Crippen molar-refractivity contribution in [1.82, 2.24) is 4.98 Å². The fraction of sp³-hybridized carbons (Fsp3) is 0.250. The van der Waals surface area contributed by atoms with Crippen molar-refractivity contribution in [2.75, 3.05) is 11.5 Å². The molecule has 0 spiro atoms. The van der Waals surface area contributed by atoms with Crippen molar-refractivity contribution in [3.8, 4) is 17.0 Å². The van der Waals surface area contributed by atoms with Gasteiger partial charge in [-0.1, -0.05) is 35.9 Å². The van der Waals surface area contributed by atoms with E-state index in [-0.39, 0.29) is 29.2 Å². The summed E-state index contributed by atoms with van der Waals surface area (Å²) in [4.78, 5) is 14.7. The van der Waals surface area contributed by atoms with Gasteiger partial charge in [0.25, 0.3) is 0 Å². The topological polar surface area (TPSA) is 73.3 Å². The first-order valence-electron chi connectivity index (χ1n) is 8.37. The molecule has 6 heteroatoms. The van der Waals surface area contributed by atoms with Crippen molar-refractivity contribution in [3.63, 3.8) is 0 Å². The van der Waals surface area contributed by atoms with Crippen LogP contribution in [-0.4, -0.2) is 38.6 Å². The number of nitrogens with one attached hydrogen (secondary N) is 1. The van der Waals surface area contributed by atoms with E-state index < -0.39 is 0 Å². The predicted octanol–water partition coefficient (Wildman–Crippen LogP) is 4.59. The monoisotopic (exact) mass is 387 g/mol. The fourth-order valence-electron chi connectivity index (χ4n) is 3.55. The summed E-state index contributed by atoms with van der Waals surface area (Å²) in [5.41, 5.74) is 3.75. The Hall–Kier alpha value is -1.95. The molecule has 26 heavy (non-hydrogen) atoms. The summed E-state index contributed by atoms with van der Waals surface area (Å²) in [5.74, 6) is 1.53. The number of hydrogen-bond acceptors (Lipinski definition) is 4. The highest BCUT2D eigenvalue weighted by atomic mass is 35.5. The number of benzene rings is 2. The molecule has 0 unspecified atom stereocenters. The number of thioether (sulfide) groups is 1. The van der Waals surface area contributed by atoms with Crippen LogP contribution in [0, 0.1) is 0 Å². The number of ketones is 1. The molecule has 1 saturated heterocycles. The quantitative estimate of drug-likeness (QED) is 0.575. The summed E-state index contributed by atoms with van der Waals surface area (Å²) >= 11 is 8.21. The summed E-state index contributed by atoms with van der Waals surface area (Å²) < 4.78 is 0. The first kappa shape index (κ1) is 17.5. The van der Waals surface area contributed by atoms with Crippen molar-refractivity contribution in [1.29, 1.82) is 0 Å². The lowest BCUT2D eigenvalue weighted by Gasteiger charge is -2.14. The van der Waals surface area contributed by atoms with Crippen LogP contribution >= 0.6 is 23.4 Å². The lowest BCUT2D eigenvalue weighted by molar-refractivity contribution is 0.101. The lowest BCUT2D eigenvalue weighted by Crippen LogP contribution is -2.15. The maximum atomic E-state index is 11.9. The van der Waals surface area contributed by atoms with Gasteiger partial charge in [0.1, 0.15) is 0 Å². The molecule has 0 aliphatic carbocycles. The summed E-state index contributed by atoms with van der Waals surface area (Å²) in [6, 6.07) is 11.6. The zero-order chi connectivity index (χ0) is 18.4. The van der Waals surface area contributed by atoms with E-state index in [1.54, 1.807) is 17.8 Å². The van der Waals surface area contributed by atoms with Gasteiger partial charge in [0.15, 0.2) is 5.78 Å². The molecule has 2 aromatic carbocycles. The Morgan fingerprint density at radius 3 is 2.58 bits per heavy atom. The third-order valence-electron chi connectivity index (χ3n) is 4.92. The van der Waals surface area contributed by atoms with Crippen LogP contribution in [0.4, 0.5) is 0 Å². The van der Waals surface area contributed by atoms with E-state index >= 15 is 0 Å². The number of H-pyrrole nitrogens is 1. The van der Waals surface area contributed by atoms with E-state index in [9.17, 15) is 15.0 Å². The molecule has 134 valence electrons. The predicted molar refractivity (Wildman–Crippen MR) is 106 cm³/mol. The second-order valence-corrected chi connectivity index (χ2v) is 8.10. The smallest absolute Gasteiger partial charge is 0.200 e. The average Bonchev–Trinajstić information content (AvgIpc) is 3.16. The highest BCUT2D eigenvalue weighted by Gasteiger charge is 2.27. The minimum atomic E-state index is -0.299. The van der Waals surface area contributed by atoms with E-state index in [1.165, 1.54) is 6.92 Å². The molecule has 1 aromatic heterocycles. The molecule has 3 aromatic rings. The van der Waals surface area contributed by atoms with Crippen LogP contribution in [-0.2, 0) is 0 Å². The minimum absolute atomic E-state index is 0.135. The molecule has 0 bridgehead atoms. The number of Topliss-reactive ketones (excluding diaryl/α,β-unsaturated/α-hetero) is 1. The minimum Gasteiger partial charge on any atom is -0.494 e. The number of aromatic amines is 1. The Morgan fingerprint density at radius 2 is 1.96 bits per heavy atom. The van der Waals surface area contributed by atoms with Gasteiger partial charge in [-0.05, 0) is 30.2 Å². The molecule has 3 N–H and O–H groups in total. The normalized spacial score (nSPS) is 20.0. The molecule has 1 aliphatic heterocycles. The Morgan fingerprint density at radius 1 is 1.23 bits per heavy atom. The summed E-state index contributed by atoms with van der Waals surface area (Å²) in [7, 11) is 0. The van der Waals surface area contributed by atoms with E-state index in [2.05, 4.69) is 4.98 Å². The number of aromatic hydroxyl groups is 1.